The number of aromatic nitrogens is 1. The van der Waals surface area contributed by atoms with Gasteiger partial charge < -0.3 is 35.5 Å². The zero-order valence-corrected chi connectivity index (χ0v) is 41.9. The van der Waals surface area contributed by atoms with E-state index in [1.807, 2.05) is 51.1 Å². The maximum absolute atomic E-state index is 14.0. The molecule has 0 radical (unpaired) electrons. The number of unbranched alkanes of at least 4 members (excludes halogenated alkanes) is 3. The van der Waals surface area contributed by atoms with E-state index < -0.39 is 11.9 Å². The van der Waals surface area contributed by atoms with Gasteiger partial charge in [-0.15, -0.1) is 0 Å². The molecule has 1 atom stereocenters. The van der Waals surface area contributed by atoms with Crippen molar-refractivity contribution in [2.75, 3.05) is 75.8 Å². The fraction of sp³-hybridized carbons (Fsp3) is 0.491. The highest BCUT2D eigenvalue weighted by Gasteiger charge is 2.40. The number of benzene rings is 3. The van der Waals surface area contributed by atoms with Crippen molar-refractivity contribution in [1.82, 2.24) is 35.6 Å². The van der Waals surface area contributed by atoms with Crippen LogP contribution in [0.15, 0.2) is 65.5 Å². The second-order valence-corrected chi connectivity index (χ2v) is 19.6. The van der Waals surface area contributed by atoms with Crippen molar-refractivity contribution in [2.24, 2.45) is 0 Å². The Balaban J connectivity index is 0.766. The third kappa shape index (κ3) is 12.6. The van der Waals surface area contributed by atoms with Crippen molar-refractivity contribution in [3.8, 4) is 11.1 Å². The van der Waals surface area contributed by atoms with Crippen molar-refractivity contribution in [1.29, 1.82) is 0 Å². The molecule has 0 bridgehead atoms. The smallest absolute Gasteiger partial charge is 0.257 e. The van der Waals surface area contributed by atoms with Gasteiger partial charge in [0, 0.05) is 119 Å². The molecule has 8 rings (SSSR count). The predicted molar refractivity (Wildman–Crippen MR) is 275 cm³/mol. The number of imide groups is 1. The maximum Gasteiger partial charge on any atom is 0.257 e. The van der Waals surface area contributed by atoms with Gasteiger partial charge in [-0.25, -0.2) is 0 Å². The van der Waals surface area contributed by atoms with E-state index in [0.717, 1.165) is 136 Å². The molecule has 4 aliphatic heterocycles. The molecule has 71 heavy (non-hydrogen) atoms. The number of rotatable bonds is 20. The zero-order chi connectivity index (χ0) is 50.0. The van der Waals surface area contributed by atoms with Crippen LogP contribution in [0.2, 0.25) is 0 Å². The SMILES string of the molecule is CCN(c1cc(-c2ccc(CN3CCN(CC(=O)NCCCCCCNc4cccc5c4C(=O)N(C4CCC(=O)NC4=O)C5)CC3)cc2)cc(C(=O)NCc2c(C)cc(C)[nH]c2=O)c1C)C1CCOCC1. The Labute approximate surface area is 417 Å². The second kappa shape index (κ2) is 23.7. The van der Waals surface area contributed by atoms with E-state index in [1.54, 1.807) is 4.90 Å². The van der Waals surface area contributed by atoms with Gasteiger partial charge in [0.15, 0.2) is 0 Å². The molecule has 1 unspecified atom stereocenters. The normalized spacial score (nSPS) is 17.8. The van der Waals surface area contributed by atoms with Crippen molar-refractivity contribution < 1.29 is 28.7 Å². The first-order chi connectivity index (χ1) is 34.4. The lowest BCUT2D eigenvalue weighted by atomic mass is 9.94. The van der Waals surface area contributed by atoms with Crippen LogP contribution in [-0.2, 0) is 38.8 Å². The average Bonchev–Trinajstić information content (AvgIpc) is 3.69. The lowest BCUT2D eigenvalue weighted by Gasteiger charge is -2.37. The minimum atomic E-state index is -0.632. The quantitative estimate of drug-likeness (QED) is 0.0551. The van der Waals surface area contributed by atoms with Crippen LogP contribution >= 0.6 is 0 Å². The lowest BCUT2D eigenvalue weighted by Crippen LogP contribution is -2.52. The molecule has 5 heterocycles. The number of amides is 5. The van der Waals surface area contributed by atoms with Crippen molar-refractivity contribution in [3.05, 3.63) is 116 Å². The average molecular weight is 970 g/mol. The lowest BCUT2D eigenvalue weighted by molar-refractivity contribution is -0.137. The van der Waals surface area contributed by atoms with Crippen LogP contribution in [0.4, 0.5) is 11.4 Å². The van der Waals surface area contributed by atoms with Gasteiger partial charge in [0.2, 0.25) is 17.7 Å². The van der Waals surface area contributed by atoms with Crippen LogP contribution in [0.3, 0.4) is 0 Å². The predicted octanol–water partition coefficient (Wildman–Crippen LogP) is 5.57. The van der Waals surface area contributed by atoms with Crippen LogP contribution < -0.4 is 31.7 Å². The highest BCUT2D eigenvalue weighted by molar-refractivity contribution is 6.08. The molecule has 16 nitrogen and oxygen atoms in total. The Morgan fingerprint density at radius 3 is 2.27 bits per heavy atom. The molecule has 16 heteroatoms. The van der Waals surface area contributed by atoms with Crippen LogP contribution in [0.25, 0.3) is 11.1 Å². The number of hydrogen-bond donors (Lipinski definition) is 5. The fourth-order valence-electron chi connectivity index (χ4n) is 10.6. The van der Waals surface area contributed by atoms with E-state index in [0.29, 0.717) is 55.3 Å². The monoisotopic (exact) mass is 970 g/mol. The number of hydrogen-bond acceptors (Lipinski definition) is 11. The number of aryl methyl sites for hydroxylation is 2. The molecule has 0 aliphatic carbocycles. The molecule has 0 saturated carbocycles. The van der Waals surface area contributed by atoms with Gasteiger partial charge >= 0.3 is 0 Å². The van der Waals surface area contributed by atoms with Crippen molar-refractivity contribution in [3.63, 3.8) is 0 Å². The van der Waals surface area contributed by atoms with Gasteiger partial charge in [0.05, 0.1) is 12.1 Å². The molecule has 3 fully saturated rings. The van der Waals surface area contributed by atoms with E-state index >= 15 is 0 Å². The van der Waals surface area contributed by atoms with Crippen LogP contribution in [0.1, 0.15) is 113 Å². The minimum absolute atomic E-state index is 0.0518. The third-order valence-corrected chi connectivity index (χ3v) is 14.6. The number of fused-ring (bicyclic) bond motifs is 1. The Hall–Kier alpha value is -6.36. The molecular weight excluding hydrogens is 899 g/mol. The van der Waals surface area contributed by atoms with Crippen LogP contribution in [-0.4, -0.2) is 127 Å². The number of aromatic amines is 1. The Kier molecular flexibility index (Phi) is 17.0. The zero-order valence-electron chi connectivity index (χ0n) is 41.9. The van der Waals surface area contributed by atoms with E-state index in [9.17, 15) is 28.8 Å². The maximum atomic E-state index is 14.0. The number of piperazine rings is 1. The van der Waals surface area contributed by atoms with Gasteiger partial charge in [-0.2, -0.15) is 0 Å². The summed E-state index contributed by atoms with van der Waals surface area (Å²) in [7, 11) is 0. The van der Waals surface area contributed by atoms with E-state index in [2.05, 4.69) is 78.2 Å². The van der Waals surface area contributed by atoms with Gasteiger partial charge in [0.25, 0.3) is 17.4 Å². The standard InChI is InChI=1S/C55H71N9O7/c1-5-63(43-19-27-71-28-20-43)48-31-42(30-44(38(48)4)52(67)58-32-45-36(2)29-37(3)59-53(45)68)40-15-13-39(14-16-40)33-61-23-25-62(26-24-61)35-50(66)57-22-9-7-6-8-21-56-46-12-10-11-41-34-64(55(70)51(41)46)47-17-18-49(65)60-54(47)69/h10-16,29-31,43,47,56H,5-9,17-28,32-35H2,1-4H3,(H,57,66)(H,58,67)(H,59,68)(H,60,65,69). The molecule has 378 valence electrons. The Morgan fingerprint density at radius 1 is 0.817 bits per heavy atom. The minimum Gasteiger partial charge on any atom is -0.384 e. The number of carbonyl (C=O) groups is 5. The largest absolute Gasteiger partial charge is 0.384 e. The Morgan fingerprint density at radius 2 is 1.55 bits per heavy atom. The fourth-order valence-corrected chi connectivity index (χ4v) is 10.6. The van der Waals surface area contributed by atoms with E-state index in [-0.39, 0.29) is 42.2 Å². The van der Waals surface area contributed by atoms with E-state index in [1.165, 1.54) is 5.56 Å². The number of nitrogens with zero attached hydrogens (tertiary/aromatic N) is 4. The third-order valence-electron chi connectivity index (χ3n) is 14.6. The molecule has 4 aromatic rings. The molecular formula is C55H71N9O7. The summed E-state index contributed by atoms with van der Waals surface area (Å²) in [5, 5.41) is 11.9. The molecule has 5 N–H and O–H groups in total. The number of ether oxygens (including phenoxy) is 1. The summed E-state index contributed by atoms with van der Waals surface area (Å²) in [6.45, 7) is 16.6. The summed E-state index contributed by atoms with van der Waals surface area (Å²) in [4.78, 5) is 88.6. The molecule has 0 spiro atoms. The first kappa shape index (κ1) is 51.0. The summed E-state index contributed by atoms with van der Waals surface area (Å²) in [6, 6.07) is 20.2. The van der Waals surface area contributed by atoms with Gasteiger partial charge in [-0.05, 0) is 117 Å². The van der Waals surface area contributed by atoms with Gasteiger partial charge in [-0.3, -0.25) is 43.9 Å². The number of H-pyrrole nitrogens is 1. The number of carbonyl (C=O) groups excluding carboxylic acids is 5. The van der Waals surface area contributed by atoms with Gasteiger partial charge in [-0.1, -0.05) is 49.2 Å². The molecule has 1 aromatic heterocycles. The number of piperidine rings is 1. The van der Waals surface area contributed by atoms with Crippen LogP contribution in [0, 0.1) is 20.8 Å². The second-order valence-electron chi connectivity index (χ2n) is 19.6. The number of anilines is 2. The first-order valence-electron chi connectivity index (χ1n) is 25.6. The Bertz CT molecular complexity index is 2640. The summed E-state index contributed by atoms with van der Waals surface area (Å²) < 4.78 is 5.70. The number of nitrogens with one attached hydrogen (secondary N) is 5. The molecule has 5 amide bonds. The van der Waals surface area contributed by atoms with Crippen LogP contribution in [0.5, 0.6) is 0 Å². The molecule has 4 aliphatic rings. The molecule has 3 saturated heterocycles. The molecule has 3 aromatic carbocycles. The first-order valence-corrected chi connectivity index (χ1v) is 25.6. The summed E-state index contributed by atoms with van der Waals surface area (Å²) in [5.41, 5.74) is 10.0. The summed E-state index contributed by atoms with van der Waals surface area (Å²) >= 11 is 0. The van der Waals surface area contributed by atoms with Crippen molar-refractivity contribution in [2.45, 2.75) is 111 Å². The highest BCUT2D eigenvalue weighted by atomic mass is 16.5. The van der Waals surface area contributed by atoms with E-state index in [4.69, 9.17) is 4.74 Å². The highest BCUT2D eigenvalue weighted by Crippen LogP contribution is 2.35. The number of pyridine rings is 1. The van der Waals surface area contributed by atoms with Crippen molar-refractivity contribution >= 4 is 40.9 Å². The summed E-state index contributed by atoms with van der Waals surface area (Å²) in [6.07, 6.45) is 6.20. The topological polar surface area (TPSA) is 189 Å². The van der Waals surface area contributed by atoms with Gasteiger partial charge in [0.1, 0.15) is 6.04 Å². The summed E-state index contributed by atoms with van der Waals surface area (Å²) in [5.74, 6) is -1.04.